The van der Waals surface area contributed by atoms with E-state index in [0.29, 0.717) is 12.8 Å². The number of carbonyl (C=O) groups excluding carboxylic acids is 1. The minimum absolute atomic E-state index is 0.102. The number of hydrogen-bond donors (Lipinski definition) is 1. The van der Waals surface area contributed by atoms with Crippen LogP contribution >= 0.6 is 15.9 Å². The Morgan fingerprint density at radius 3 is 2.91 bits per heavy atom. The van der Waals surface area contributed by atoms with E-state index in [1.165, 1.54) is 7.11 Å². The van der Waals surface area contributed by atoms with Crippen molar-refractivity contribution in [3.8, 4) is 0 Å². The molecule has 1 aromatic heterocycles. The maximum absolute atomic E-state index is 11.9. The predicted octanol–water partition coefficient (Wildman–Crippen LogP) is 2.12. The molecule has 5 nitrogen and oxygen atoms in total. The molecule has 3 rings (SSSR count). The molecule has 0 fully saturated rings. The molecule has 1 aliphatic rings. The zero-order valence-corrected chi connectivity index (χ0v) is 14.2. The van der Waals surface area contributed by atoms with Crippen molar-refractivity contribution >= 4 is 48.5 Å². The summed E-state index contributed by atoms with van der Waals surface area (Å²) in [6, 6.07) is 6.01. The molecular formula is C15H14BrNO4S. The molecule has 7 heteroatoms. The van der Waals surface area contributed by atoms with Gasteiger partial charge in [-0.15, -0.1) is 0 Å². The van der Waals surface area contributed by atoms with Crippen LogP contribution in [0.4, 0.5) is 0 Å². The number of aromatic amines is 1. The van der Waals surface area contributed by atoms with Crippen molar-refractivity contribution < 1.29 is 17.9 Å². The van der Waals surface area contributed by atoms with Gasteiger partial charge in [0.25, 0.3) is 0 Å². The third-order valence-electron chi connectivity index (χ3n) is 4.13. The van der Waals surface area contributed by atoms with Crippen LogP contribution in [0.15, 0.2) is 22.7 Å². The maximum Gasteiger partial charge on any atom is 0.313 e. The van der Waals surface area contributed by atoms with Crippen molar-refractivity contribution in [3.05, 3.63) is 33.9 Å². The molecule has 1 heterocycles. The van der Waals surface area contributed by atoms with Crippen molar-refractivity contribution in [3.63, 3.8) is 0 Å². The van der Waals surface area contributed by atoms with Crippen LogP contribution in [-0.2, 0) is 32.7 Å². The molecule has 0 radical (unpaired) electrons. The van der Waals surface area contributed by atoms with Crippen LogP contribution in [0.5, 0.6) is 0 Å². The van der Waals surface area contributed by atoms with Crippen LogP contribution in [-0.4, -0.2) is 31.8 Å². The molecule has 0 spiro atoms. The smallest absolute Gasteiger partial charge is 0.313 e. The van der Waals surface area contributed by atoms with Gasteiger partial charge in [0.1, 0.15) is 0 Å². The van der Waals surface area contributed by atoms with Crippen molar-refractivity contribution in [2.45, 2.75) is 12.8 Å². The molecule has 2 unspecified atom stereocenters. The summed E-state index contributed by atoms with van der Waals surface area (Å²) < 4.78 is 27.7. The first-order valence-electron chi connectivity index (χ1n) is 6.79. The number of fused-ring (bicyclic) bond motifs is 3. The number of esters is 1. The summed E-state index contributed by atoms with van der Waals surface area (Å²) in [5, 5.41) is 2.15. The number of rotatable bonds is 3. The minimum Gasteiger partial charge on any atom is -0.469 e. The molecule has 2 atom stereocenters. The molecule has 0 bridgehead atoms. The molecule has 2 aromatic rings. The Morgan fingerprint density at radius 1 is 1.45 bits per heavy atom. The predicted molar refractivity (Wildman–Crippen MR) is 87.4 cm³/mol. The number of methoxy groups -OCH3 is 1. The first-order chi connectivity index (χ1) is 10.5. The highest BCUT2D eigenvalue weighted by Gasteiger charge is 2.35. The lowest BCUT2D eigenvalue weighted by Gasteiger charge is -2.16. The topological polar surface area (TPSA) is 76.2 Å². The van der Waals surface area contributed by atoms with E-state index in [9.17, 15) is 13.2 Å². The standard InChI is InChI=1S/C15H14BrNO4S/c1-21-15(18)12(7-22(19)20)8-4-10-11-6-9(16)2-3-13(11)17-14(10)5-8/h2-3,6-8,12,17H,4-5H2,1H3. The lowest BCUT2D eigenvalue weighted by molar-refractivity contribution is -0.144. The monoisotopic (exact) mass is 383 g/mol. The fourth-order valence-corrected chi connectivity index (χ4v) is 4.08. The SMILES string of the molecule is COC(=O)C(C=S(=O)=O)C1Cc2[nH]c3ccc(Br)cc3c2C1. The van der Waals surface area contributed by atoms with Crippen molar-refractivity contribution in [1.82, 2.24) is 4.98 Å². The van der Waals surface area contributed by atoms with Gasteiger partial charge in [-0.3, -0.25) is 4.79 Å². The van der Waals surface area contributed by atoms with E-state index in [0.717, 1.165) is 32.0 Å². The summed E-state index contributed by atoms with van der Waals surface area (Å²) in [5.74, 6) is -1.36. The van der Waals surface area contributed by atoms with Gasteiger partial charge in [-0.05, 0) is 42.5 Å². The van der Waals surface area contributed by atoms with Gasteiger partial charge in [0.2, 0.25) is 10.3 Å². The third kappa shape index (κ3) is 2.70. The van der Waals surface area contributed by atoms with Crippen molar-refractivity contribution in [1.29, 1.82) is 0 Å². The van der Waals surface area contributed by atoms with Gasteiger partial charge in [-0.1, -0.05) is 15.9 Å². The van der Waals surface area contributed by atoms with Crippen molar-refractivity contribution in [2.75, 3.05) is 7.11 Å². The Morgan fingerprint density at radius 2 is 2.23 bits per heavy atom. The van der Waals surface area contributed by atoms with E-state index >= 15 is 0 Å². The first-order valence-corrected chi connectivity index (χ1v) is 8.72. The molecule has 116 valence electrons. The Bertz CT molecular complexity index is 876. The van der Waals surface area contributed by atoms with Gasteiger partial charge in [-0.2, -0.15) is 8.42 Å². The van der Waals surface area contributed by atoms with E-state index in [1.54, 1.807) is 0 Å². The average molecular weight is 384 g/mol. The highest BCUT2D eigenvalue weighted by molar-refractivity contribution is 9.10. The van der Waals surface area contributed by atoms with Gasteiger partial charge < -0.3 is 9.72 Å². The van der Waals surface area contributed by atoms with Gasteiger partial charge in [0, 0.05) is 21.1 Å². The zero-order chi connectivity index (χ0) is 15.9. The Balaban J connectivity index is 1.97. The highest BCUT2D eigenvalue weighted by atomic mass is 79.9. The van der Waals surface area contributed by atoms with Crippen molar-refractivity contribution in [2.24, 2.45) is 11.8 Å². The molecule has 0 saturated heterocycles. The molecule has 0 aliphatic heterocycles. The normalized spacial score (nSPS) is 18.0. The number of aromatic nitrogens is 1. The average Bonchev–Trinajstić information content (AvgIpc) is 3.01. The second-order valence-corrected chi connectivity index (χ2v) is 7.09. The summed E-state index contributed by atoms with van der Waals surface area (Å²) in [7, 11) is -1.12. The van der Waals surface area contributed by atoms with Crippen LogP contribution in [0.1, 0.15) is 11.3 Å². The third-order valence-corrected chi connectivity index (χ3v) is 5.14. The second-order valence-electron chi connectivity index (χ2n) is 5.39. The van der Waals surface area contributed by atoms with Gasteiger partial charge >= 0.3 is 5.97 Å². The maximum atomic E-state index is 11.9. The Hall–Kier alpha value is -1.60. The lowest BCUT2D eigenvalue weighted by atomic mass is 9.91. The molecule has 1 aromatic carbocycles. The molecule has 1 aliphatic carbocycles. The fraction of sp³-hybridized carbons (Fsp3) is 0.333. The number of benzene rings is 1. The first kappa shape index (κ1) is 15.3. The molecular weight excluding hydrogens is 370 g/mol. The second kappa shape index (κ2) is 5.89. The molecule has 22 heavy (non-hydrogen) atoms. The van der Waals surface area contributed by atoms with Gasteiger partial charge in [0.05, 0.1) is 18.4 Å². The number of H-pyrrole nitrogens is 1. The summed E-state index contributed by atoms with van der Waals surface area (Å²) in [5.41, 5.74) is 3.27. The van der Waals surface area contributed by atoms with E-state index in [4.69, 9.17) is 4.74 Å². The number of nitrogens with one attached hydrogen (secondary N) is 1. The summed E-state index contributed by atoms with van der Waals surface area (Å²) >= 11 is 3.46. The molecule has 0 saturated carbocycles. The number of carbonyl (C=O) groups is 1. The number of ether oxygens (including phenoxy) is 1. The Kier molecular flexibility index (Phi) is 4.10. The Labute approximate surface area is 137 Å². The lowest BCUT2D eigenvalue weighted by Crippen LogP contribution is -2.27. The van der Waals surface area contributed by atoms with E-state index < -0.39 is 22.2 Å². The fourth-order valence-electron chi connectivity index (χ4n) is 3.15. The zero-order valence-electron chi connectivity index (χ0n) is 11.8. The van der Waals surface area contributed by atoms with Crippen LogP contribution in [0.25, 0.3) is 10.9 Å². The summed E-state index contributed by atoms with van der Waals surface area (Å²) in [4.78, 5) is 15.2. The van der Waals surface area contributed by atoms with Crippen LogP contribution in [0.2, 0.25) is 0 Å². The van der Waals surface area contributed by atoms with E-state index in [-0.39, 0.29) is 5.92 Å². The van der Waals surface area contributed by atoms with Gasteiger partial charge in [0.15, 0.2) is 0 Å². The van der Waals surface area contributed by atoms with Gasteiger partial charge in [-0.25, -0.2) is 0 Å². The van der Waals surface area contributed by atoms with E-state index in [1.807, 2.05) is 18.2 Å². The summed E-state index contributed by atoms with van der Waals surface area (Å²) in [6.45, 7) is 0. The van der Waals surface area contributed by atoms with Crippen LogP contribution < -0.4 is 0 Å². The number of hydrogen-bond acceptors (Lipinski definition) is 4. The highest BCUT2D eigenvalue weighted by Crippen LogP contribution is 2.37. The van der Waals surface area contributed by atoms with Crippen LogP contribution in [0.3, 0.4) is 0 Å². The summed E-state index contributed by atoms with van der Waals surface area (Å²) in [6.07, 6.45) is 1.29. The van der Waals surface area contributed by atoms with Crippen LogP contribution in [0, 0.1) is 11.8 Å². The molecule has 1 N–H and O–H groups in total. The quantitative estimate of drug-likeness (QED) is 0.650. The van der Waals surface area contributed by atoms with E-state index in [2.05, 4.69) is 20.9 Å². The minimum atomic E-state index is -2.39. The molecule has 0 amide bonds. The number of halogens is 1. The largest absolute Gasteiger partial charge is 0.469 e.